The van der Waals surface area contributed by atoms with Gasteiger partial charge >= 0.3 is 0 Å². The molecule has 2 aromatic heterocycles. The average Bonchev–Trinajstić information content (AvgIpc) is 2.67. The molecule has 0 radical (unpaired) electrons. The summed E-state index contributed by atoms with van der Waals surface area (Å²) in [7, 11) is 0. The number of H-pyrrole nitrogens is 1. The molecule has 0 amide bonds. The van der Waals surface area contributed by atoms with Crippen molar-refractivity contribution >= 4 is 17.4 Å². The zero-order valence-corrected chi connectivity index (χ0v) is 15.0. The van der Waals surface area contributed by atoms with Gasteiger partial charge in [0.05, 0.1) is 12.6 Å². The first-order chi connectivity index (χ1) is 12.6. The first-order valence-electron chi connectivity index (χ1n) is 8.28. The number of anilines is 1. The van der Waals surface area contributed by atoms with Crippen molar-refractivity contribution in [3.05, 3.63) is 75.3 Å². The second kappa shape index (κ2) is 8.12. The summed E-state index contributed by atoms with van der Waals surface area (Å²) >= 11 is 5.90. The van der Waals surface area contributed by atoms with Crippen molar-refractivity contribution in [2.24, 2.45) is 0 Å². The molecule has 3 N–H and O–H groups in total. The number of nitrogens with zero attached hydrogens (tertiary/aromatic N) is 2. The number of pyridine rings is 1. The van der Waals surface area contributed by atoms with Crippen LogP contribution in [0.5, 0.6) is 0 Å². The van der Waals surface area contributed by atoms with Crippen molar-refractivity contribution in [1.29, 1.82) is 0 Å². The molecule has 0 bridgehead atoms. The molecule has 1 aromatic carbocycles. The number of aliphatic hydroxyl groups excluding tert-OH is 1. The van der Waals surface area contributed by atoms with Crippen molar-refractivity contribution in [3.63, 3.8) is 0 Å². The topological polar surface area (TPSA) is 90.9 Å². The molecular formula is C19H19ClN4O2. The third-order valence-electron chi connectivity index (χ3n) is 3.97. The van der Waals surface area contributed by atoms with Gasteiger partial charge in [-0.25, -0.2) is 9.97 Å². The molecule has 0 spiro atoms. The van der Waals surface area contributed by atoms with Gasteiger partial charge in [0.25, 0.3) is 5.56 Å². The van der Waals surface area contributed by atoms with Gasteiger partial charge in [-0.1, -0.05) is 30.7 Å². The molecule has 134 valence electrons. The van der Waals surface area contributed by atoms with Gasteiger partial charge in [-0.3, -0.25) is 4.79 Å². The fourth-order valence-corrected chi connectivity index (χ4v) is 2.68. The van der Waals surface area contributed by atoms with E-state index in [1.807, 2.05) is 25.1 Å². The Bertz CT molecular complexity index is 924. The SMILES string of the molecule is CCc1cc(=O)[nH]c(-c2ccc(NC(CO)c3ccc(Cl)cc3)nc2)n1. The summed E-state index contributed by atoms with van der Waals surface area (Å²) in [6.45, 7) is 1.86. The summed E-state index contributed by atoms with van der Waals surface area (Å²) in [5, 5.41) is 13.5. The molecule has 26 heavy (non-hydrogen) atoms. The van der Waals surface area contributed by atoms with Crippen molar-refractivity contribution in [1.82, 2.24) is 15.0 Å². The second-order valence-corrected chi connectivity index (χ2v) is 6.24. The number of hydrogen-bond acceptors (Lipinski definition) is 5. The summed E-state index contributed by atoms with van der Waals surface area (Å²) in [5.74, 6) is 1.10. The zero-order chi connectivity index (χ0) is 18.5. The van der Waals surface area contributed by atoms with E-state index < -0.39 is 0 Å². The Morgan fingerprint density at radius 1 is 1.23 bits per heavy atom. The molecule has 0 saturated carbocycles. The predicted octanol–water partition coefficient (Wildman–Crippen LogP) is 3.19. The highest BCUT2D eigenvalue weighted by molar-refractivity contribution is 6.30. The van der Waals surface area contributed by atoms with E-state index in [9.17, 15) is 9.90 Å². The number of rotatable bonds is 6. The molecule has 1 atom stereocenters. The molecule has 0 saturated heterocycles. The Morgan fingerprint density at radius 3 is 2.62 bits per heavy atom. The summed E-state index contributed by atoms with van der Waals surface area (Å²) in [6.07, 6.45) is 2.32. The standard InChI is InChI=1S/C19H19ClN4O2/c1-2-15-9-18(26)24-19(22-15)13-5-8-17(21-10-13)23-16(11-25)12-3-6-14(20)7-4-12/h3-10,16,25H,2,11H2,1H3,(H,21,23)(H,22,24,26). The molecule has 1 unspecified atom stereocenters. The fraction of sp³-hybridized carbons (Fsp3) is 0.211. The number of hydrogen-bond donors (Lipinski definition) is 3. The third kappa shape index (κ3) is 4.28. The lowest BCUT2D eigenvalue weighted by Gasteiger charge is -2.17. The average molecular weight is 371 g/mol. The van der Waals surface area contributed by atoms with Crippen LogP contribution < -0.4 is 10.9 Å². The van der Waals surface area contributed by atoms with E-state index in [1.165, 1.54) is 6.07 Å². The van der Waals surface area contributed by atoms with Crippen LogP contribution in [0.25, 0.3) is 11.4 Å². The highest BCUT2D eigenvalue weighted by atomic mass is 35.5. The van der Waals surface area contributed by atoms with E-state index in [0.29, 0.717) is 23.1 Å². The van der Waals surface area contributed by atoms with Gasteiger partial charge in [0, 0.05) is 28.5 Å². The Hall–Kier alpha value is -2.70. The van der Waals surface area contributed by atoms with Crippen molar-refractivity contribution in [2.75, 3.05) is 11.9 Å². The quantitative estimate of drug-likeness (QED) is 0.619. The van der Waals surface area contributed by atoms with Crippen LogP contribution in [0, 0.1) is 0 Å². The van der Waals surface area contributed by atoms with Gasteiger partial charge in [0.15, 0.2) is 0 Å². The van der Waals surface area contributed by atoms with Gasteiger partial charge < -0.3 is 15.4 Å². The van der Waals surface area contributed by atoms with Gasteiger partial charge in [-0.15, -0.1) is 0 Å². The maximum Gasteiger partial charge on any atom is 0.251 e. The van der Waals surface area contributed by atoms with Crippen LogP contribution in [0.1, 0.15) is 24.2 Å². The molecule has 0 aliphatic carbocycles. The zero-order valence-electron chi connectivity index (χ0n) is 14.2. The number of aromatic nitrogens is 3. The van der Waals surface area contributed by atoms with Crippen LogP contribution in [0.3, 0.4) is 0 Å². The summed E-state index contributed by atoms with van der Waals surface area (Å²) in [5.41, 5.74) is 2.17. The van der Waals surface area contributed by atoms with Gasteiger partial charge in [0.1, 0.15) is 11.6 Å². The molecule has 0 fully saturated rings. The summed E-state index contributed by atoms with van der Waals surface area (Å²) in [6, 6.07) is 12.1. The van der Waals surface area contributed by atoms with E-state index in [2.05, 4.69) is 20.3 Å². The monoisotopic (exact) mass is 370 g/mol. The predicted molar refractivity (Wildman–Crippen MR) is 102 cm³/mol. The van der Waals surface area contributed by atoms with Gasteiger partial charge in [-0.2, -0.15) is 0 Å². The van der Waals surface area contributed by atoms with E-state index in [-0.39, 0.29) is 18.2 Å². The number of aliphatic hydroxyl groups is 1. The molecule has 0 aliphatic heterocycles. The number of benzene rings is 1. The molecule has 3 rings (SSSR count). The van der Waals surface area contributed by atoms with E-state index in [0.717, 1.165) is 16.8 Å². The van der Waals surface area contributed by atoms with Gasteiger partial charge in [0.2, 0.25) is 0 Å². The van der Waals surface area contributed by atoms with Crippen LogP contribution in [0.15, 0.2) is 53.5 Å². The molecule has 0 aliphatic rings. The highest BCUT2D eigenvalue weighted by Gasteiger charge is 2.11. The first kappa shape index (κ1) is 18.1. The fourth-order valence-electron chi connectivity index (χ4n) is 2.55. The number of halogens is 1. The molecule has 6 nitrogen and oxygen atoms in total. The van der Waals surface area contributed by atoms with Crippen molar-refractivity contribution in [2.45, 2.75) is 19.4 Å². The largest absolute Gasteiger partial charge is 0.394 e. The van der Waals surface area contributed by atoms with Crippen LogP contribution >= 0.6 is 11.6 Å². The maximum absolute atomic E-state index is 11.7. The maximum atomic E-state index is 11.7. The number of aryl methyl sites for hydroxylation is 1. The van der Waals surface area contributed by atoms with E-state index >= 15 is 0 Å². The summed E-state index contributed by atoms with van der Waals surface area (Å²) < 4.78 is 0. The molecule has 2 heterocycles. The van der Waals surface area contributed by atoms with Gasteiger partial charge in [-0.05, 0) is 36.2 Å². The Labute approximate surface area is 155 Å². The molecule has 3 aromatic rings. The Kier molecular flexibility index (Phi) is 5.65. The third-order valence-corrected chi connectivity index (χ3v) is 4.22. The van der Waals surface area contributed by atoms with E-state index in [1.54, 1.807) is 24.4 Å². The first-order valence-corrected chi connectivity index (χ1v) is 8.66. The number of aromatic amines is 1. The van der Waals surface area contributed by atoms with E-state index in [4.69, 9.17) is 11.6 Å². The van der Waals surface area contributed by atoms with Crippen LogP contribution in [-0.2, 0) is 6.42 Å². The summed E-state index contributed by atoms with van der Waals surface area (Å²) in [4.78, 5) is 23.2. The lowest BCUT2D eigenvalue weighted by Crippen LogP contribution is -2.15. The Balaban J connectivity index is 1.80. The smallest absolute Gasteiger partial charge is 0.251 e. The second-order valence-electron chi connectivity index (χ2n) is 5.80. The minimum Gasteiger partial charge on any atom is -0.394 e. The number of nitrogens with one attached hydrogen (secondary N) is 2. The molecular weight excluding hydrogens is 352 g/mol. The van der Waals surface area contributed by atoms with Crippen LogP contribution in [0.2, 0.25) is 5.02 Å². The van der Waals surface area contributed by atoms with Crippen LogP contribution in [-0.4, -0.2) is 26.7 Å². The lowest BCUT2D eigenvalue weighted by atomic mass is 10.1. The Morgan fingerprint density at radius 2 is 2.00 bits per heavy atom. The van der Waals surface area contributed by atoms with Crippen molar-refractivity contribution in [3.8, 4) is 11.4 Å². The minimum atomic E-state index is -0.299. The highest BCUT2D eigenvalue weighted by Crippen LogP contribution is 2.21. The molecule has 7 heteroatoms. The normalized spacial score (nSPS) is 12.0. The minimum absolute atomic E-state index is 0.0848. The van der Waals surface area contributed by atoms with Crippen molar-refractivity contribution < 1.29 is 5.11 Å². The van der Waals surface area contributed by atoms with Crippen LogP contribution in [0.4, 0.5) is 5.82 Å². The lowest BCUT2D eigenvalue weighted by molar-refractivity contribution is 0.276.